The summed E-state index contributed by atoms with van der Waals surface area (Å²) in [6.07, 6.45) is 15.9. The highest BCUT2D eigenvalue weighted by molar-refractivity contribution is 5.76. The first-order chi connectivity index (χ1) is 12.7. The van der Waals surface area contributed by atoms with Gasteiger partial charge in [0.25, 0.3) is 0 Å². The molecule has 0 bridgehead atoms. The molecule has 2 unspecified atom stereocenters. The molecule has 0 aliphatic rings. The minimum atomic E-state index is -0.652. The van der Waals surface area contributed by atoms with E-state index in [9.17, 15) is 9.90 Å². The zero-order valence-electron chi connectivity index (χ0n) is 17.1. The molecule has 2 nitrogen and oxygen atoms in total. The molecule has 1 aromatic rings. The Kier molecular flexibility index (Phi) is 13.0. The highest BCUT2D eigenvalue weighted by Gasteiger charge is 2.28. The third kappa shape index (κ3) is 9.40. The largest absolute Gasteiger partial charge is 0.481 e. The Morgan fingerprint density at radius 3 is 1.69 bits per heavy atom. The fourth-order valence-corrected chi connectivity index (χ4v) is 3.95. The molecule has 0 amide bonds. The molecule has 26 heavy (non-hydrogen) atoms. The first kappa shape index (κ1) is 22.7. The Hall–Kier alpha value is -1.31. The molecule has 2 atom stereocenters. The average Bonchev–Trinajstić information content (AvgIpc) is 2.64. The highest BCUT2D eigenvalue weighted by atomic mass is 16.4. The van der Waals surface area contributed by atoms with Gasteiger partial charge in [0, 0.05) is 0 Å². The van der Waals surface area contributed by atoms with Crippen LogP contribution in [0, 0.1) is 5.92 Å². The van der Waals surface area contributed by atoms with Crippen molar-refractivity contribution < 1.29 is 9.90 Å². The van der Waals surface area contributed by atoms with E-state index in [2.05, 4.69) is 13.8 Å². The van der Waals surface area contributed by atoms with Gasteiger partial charge in [-0.15, -0.1) is 0 Å². The van der Waals surface area contributed by atoms with Gasteiger partial charge in [-0.3, -0.25) is 4.79 Å². The van der Waals surface area contributed by atoms with Crippen LogP contribution in [-0.4, -0.2) is 11.1 Å². The average molecular weight is 361 g/mol. The third-order valence-corrected chi connectivity index (χ3v) is 5.50. The van der Waals surface area contributed by atoms with Gasteiger partial charge >= 0.3 is 5.97 Å². The van der Waals surface area contributed by atoms with Crippen LogP contribution in [-0.2, 0) is 4.79 Å². The SMILES string of the molecule is CCCCCCCCC(CCCCCCC)C(C(=O)O)c1ccccc1. The summed E-state index contributed by atoms with van der Waals surface area (Å²) in [6.45, 7) is 4.48. The zero-order valence-corrected chi connectivity index (χ0v) is 17.1. The number of benzene rings is 1. The van der Waals surface area contributed by atoms with E-state index < -0.39 is 5.97 Å². The van der Waals surface area contributed by atoms with Crippen LogP contribution in [0.3, 0.4) is 0 Å². The summed E-state index contributed by atoms with van der Waals surface area (Å²) in [5, 5.41) is 9.91. The number of carboxylic acid groups (broad SMARTS) is 1. The Bertz CT molecular complexity index is 455. The molecular weight excluding hydrogens is 320 g/mol. The number of carbonyl (C=O) groups is 1. The summed E-state index contributed by atoms with van der Waals surface area (Å²) >= 11 is 0. The van der Waals surface area contributed by atoms with E-state index in [4.69, 9.17) is 0 Å². The molecule has 0 fully saturated rings. The lowest BCUT2D eigenvalue weighted by atomic mass is 9.79. The van der Waals surface area contributed by atoms with E-state index in [0.717, 1.165) is 24.8 Å². The van der Waals surface area contributed by atoms with Gasteiger partial charge in [-0.25, -0.2) is 0 Å². The van der Waals surface area contributed by atoms with Crippen molar-refractivity contribution in [3.63, 3.8) is 0 Å². The minimum Gasteiger partial charge on any atom is -0.481 e. The molecule has 1 aromatic carbocycles. The molecule has 0 saturated heterocycles. The van der Waals surface area contributed by atoms with Gasteiger partial charge in [-0.05, 0) is 24.3 Å². The molecule has 1 N–H and O–H groups in total. The summed E-state index contributed by atoms with van der Waals surface area (Å²) in [7, 11) is 0. The molecule has 2 heteroatoms. The van der Waals surface area contributed by atoms with Gasteiger partial charge in [0.15, 0.2) is 0 Å². The Morgan fingerprint density at radius 2 is 1.23 bits per heavy atom. The predicted molar refractivity (Wildman–Crippen MR) is 112 cm³/mol. The van der Waals surface area contributed by atoms with Crippen LogP contribution in [0.2, 0.25) is 0 Å². The van der Waals surface area contributed by atoms with Gasteiger partial charge < -0.3 is 5.11 Å². The maximum absolute atomic E-state index is 12.1. The van der Waals surface area contributed by atoms with E-state index in [0.29, 0.717) is 0 Å². The van der Waals surface area contributed by atoms with Crippen molar-refractivity contribution in [1.82, 2.24) is 0 Å². The van der Waals surface area contributed by atoms with Crippen molar-refractivity contribution in [3.8, 4) is 0 Å². The van der Waals surface area contributed by atoms with Crippen LogP contribution < -0.4 is 0 Å². The molecule has 1 rings (SSSR count). The van der Waals surface area contributed by atoms with Gasteiger partial charge in [-0.1, -0.05) is 115 Å². The fourth-order valence-electron chi connectivity index (χ4n) is 3.95. The molecule has 148 valence electrons. The maximum Gasteiger partial charge on any atom is 0.311 e. The van der Waals surface area contributed by atoms with Gasteiger partial charge in [0.1, 0.15) is 0 Å². The normalized spacial score (nSPS) is 13.5. The molecule has 0 spiro atoms. The van der Waals surface area contributed by atoms with Crippen molar-refractivity contribution in [2.45, 2.75) is 103 Å². The van der Waals surface area contributed by atoms with Crippen LogP contribution in [0.4, 0.5) is 0 Å². The van der Waals surface area contributed by atoms with E-state index in [-0.39, 0.29) is 11.8 Å². The van der Waals surface area contributed by atoms with Crippen molar-refractivity contribution in [1.29, 1.82) is 0 Å². The van der Waals surface area contributed by atoms with Gasteiger partial charge in [-0.2, -0.15) is 0 Å². The van der Waals surface area contributed by atoms with Crippen LogP contribution in [0.25, 0.3) is 0 Å². The third-order valence-electron chi connectivity index (χ3n) is 5.50. The maximum atomic E-state index is 12.1. The molecule has 0 radical (unpaired) electrons. The lowest BCUT2D eigenvalue weighted by Crippen LogP contribution is -2.22. The monoisotopic (exact) mass is 360 g/mol. The van der Waals surface area contributed by atoms with Crippen LogP contribution in [0.1, 0.15) is 109 Å². The van der Waals surface area contributed by atoms with Crippen LogP contribution >= 0.6 is 0 Å². The van der Waals surface area contributed by atoms with E-state index >= 15 is 0 Å². The van der Waals surface area contributed by atoms with Crippen LogP contribution in [0.5, 0.6) is 0 Å². The minimum absolute atomic E-state index is 0.266. The van der Waals surface area contributed by atoms with Crippen molar-refractivity contribution in [2.24, 2.45) is 5.92 Å². The Balaban J connectivity index is 2.62. The Morgan fingerprint density at radius 1 is 0.769 bits per heavy atom. The molecular formula is C24H40O2. The molecule has 0 aliphatic carbocycles. The second-order valence-corrected chi connectivity index (χ2v) is 7.75. The molecule has 0 heterocycles. The second-order valence-electron chi connectivity index (χ2n) is 7.75. The lowest BCUT2D eigenvalue weighted by molar-refractivity contribution is -0.140. The number of hydrogen-bond acceptors (Lipinski definition) is 1. The first-order valence-corrected chi connectivity index (χ1v) is 11.0. The summed E-state index contributed by atoms with van der Waals surface area (Å²) in [4.78, 5) is 12.1. The topological polar surface area (TPSA) is 37.3 Å². The summed E-state index contributed by atoms with van der Waals surface area (Å²) in [6, 6.07) is 9.88. The summed E-state index contributed by atoms with van der Waals surface area (Å²) in [5.74, 6) is -0.735. The molecule has 0 saturated carbocycles. The quantitative estimate of drug-likeness (QED) is 0.308. The summed E-state index contributed by atoms with van der Waals surface area (Å²) < 4.78 is 0. The second kappa shape index (κ2) is 14.8. The number of carboxylic acids is 1. The molecule has 0 aliphatic heterocycles. The first-order valence-electron chi connectivity index (χ1n) is 11.0. The number of aliphatic carboxylic acids is 1. The van der Waals surface area contributed by atoms with Crippen molar-refractivity contribution >= 4 is 5.97 Å². The lowest BCUT2D eigenvalue weighted by Gasteiger charge is -2.25. The standard InChI is InChI=1S/C24H40O2/c1-3-5-7-9-11-14-18-21(17-13-10-8-6-4-2)23(24(25)26)22-19-15-12-16-20-22/h12,15-16,19-21,23H,3-11,13-14,17-18H2,1-2H3,(H,25,26). The van der Waals surface area contributed by atoms with E-state index in [1.165, 1.54) is 64.2 Å². The van der Waals surface area contributed by atoms with Crippen LogP contribution in [0.15, 0.2) is 30.3 Å². The smallest absolute Gasteiger partial charge is 0.311 e. The van der Waals surface area contributed by atoms with Crippen molar-refractivity contribution in [2.75, 3.05) is 0 Å². The highest BCUT2D eigenvalue weighted by Crippen LogP contribution is 2.33. The number of rotatable bonds is 16. The Labute approximate surface area is 161 Å². The number of hydrogen-bond donors (Lipinski definition) is 1. The predicted octanol–water partition coefficient (Wildman–Crippen LogP) is 7.58. The number of unbranched alkanes of at least 4 members (excludes halogenated alkanes) is 9. The molecule has 0 aromatic heterocycles. The fraction of sp³-hybridized carbons (Fsp3) is 0.708. The van der Waals surface area contributed by atoms with Crippen molar-refractivity contribution in [3.05, 3.63) is 35.9 Å². The zero-order chi connectivity index (χ0) is 19.0. The van der Waals surface area contributed by atoms with E-state index in [1.807, 2.05) is 30.3 Å². The summed E-state index contributed by atoms with van der Waals surface area (Å²) in [5.41, 5.74) is 0.976. The van der Waals surface area contributed by atoms with E-state index in [1.54, 1.807) is 0 Å². The van der Waals surface area contributed by atoms with Gasteiger partial charge in [0.2, 0.25) is 0 Å². The van der Waals surface area contributed by atoms with Gasteiger partial charge in [0.05, 0.1) is 5.92 Å².